The highest BCUT2D eigenvalue weighted by Gasteiger charge is 2.35. The lowest BCUT2D eigenvalue weighted by Gasteiger charge is -2.25. The second-order valence-electron chi connectivity index (χ2n) is 8.75. The van der Waals surface area contributed by atoms with Gasteiger partial charge in [0.05, 0.1) is 19.8 Å². The number of likely N-dealkylation sites (tertiary alicyclic amines) is 1. The van der Waals surface area contributed by atoms with Crippen molar-refractivity contribution in [2.24, 2.45) is 17.6 Å². The molecule has 0 aliphatic carbocycles. The second-order valence-corrected chi connectivity index (χ2v) is 8.75. The highest BCUT2D eigenvalue weighted by molar-refractivity contribution is 6.03. The summed E-state index contributed by atoms with van der Waals surface area (Å²) >= 11 is 0. The van der Waals surface area contributed by atoms with Crippen molar-refractivity contribution in [2.45, 2.75) is 58.5 Å². The zero-order valence-electron chi connectivity index (χ0n) is 20.8. The van der Waals surface area contributed by atoms with Gasteiger partial charge in [-0.15, -0.1) is 0 Å². The molecule has 0 saturated carbocycles. The van der Waals surface area contributed by atoms with Crippen LogP contribution in [0.1, 0.15) is 46.5 Å². The third-order valence-corrected chi connectivity index (χ3v) is 5.52. The Bertz CT molecular complexity index is 788. The molecule has 1 heterocycles. The number of nitrogens with two attached hydrogens (primary N) is 1. The Balaban J connectivity index is 2.48. The van der Waals surface area contributed by atoms with Crippen LogP contribution in [0.2, 0.25) is 0 Å². The normalized spacial score (nSPS) is 17.2. The number of imide groups is 1. The molecule has 1 aliphatic heterocycles. The number of likely N-dealkylation sites (N-methyl/N-ethyl adjacent to an activating group) is 1. The van der Waals surface area contributed by atoms with Gasteiger partial charge in [-0.25, -0.2) is 4.79 Å². The lowest BCUT2D eigenvalue weighted by Crippen LogP contribution is -2.55. The van der Waals surface area contributed by atoms with Crippen molar-refractivity contribution >= 4 is 35.6 Å². The van der Waals surface area contributed by atoms with E-state index >= 15 is 0 Å². The Labute approximate surface area is 205 Å². The van der Waals surface area contributed by atoms with E-state index < -0.39 is 35.8 Å². The van der Waals surface area contributed by atoms with E-state index in [1.807, 2.05) is 0 Å². The van der Waals surface area contributed by atoms with Crippen LogP contribution in [0.5, 0.6) is 0 Å². The fourth-order valence-corrected chi connectivity index (χ4v) is 3.51. The van der Waals surface area contributed by atoms with Crippen LogP contribution in [0.15, 0.2) is 0 Å². The zero-order chi connectivity index (χ0) is 26.5. The molecule has 7 amide bonds. The van der Waals surface area contributed by atoms with E-state index in [9.17, 15) is 28.8 Å². The lowest BCUT2D eigenvalue weighted by atomic mass is 10.0. The molecule has 0 aromatic carbocycles. The van der Waals surface area contributed by atoms with Gasteiger partial charge in [0.15, 0.2) is 0 Å². The molecule has 13 heteroatoms. The number of urea groups is 1. The highest BCUT2D eigenvalue weighted by Crippen LogP contribution is 2.18. The molecule has 6 N–H and O–H groups in total. The Hall–Kier alpha value is -3.22. The first-order valence-electron chi connectivity index (χ1n) is 11.7. The van der Waals surface area contributed by atoms with Crippen LogP contribution in [-0.4, -0.2) is 85.9 Å². The van der Waals surface area contributed by atoms with Crippen LogP contribution in [0.3, 0.4) is 0 Å². The number of hydrogen-bond donors (Lipinski definition) is 5. The van der Waals surface area contributed by atoms with Crippen molar-refractivity contribution in [3.63, 3.8) is 0 Å². The van der Waals surface area contributed by atoms with Crippen LogP contribution in [0, 0.1) is 11.8 Å². The Morgan fingerprint density at radius 1 is 1.11 bits per heavy atom. The molecule has 0 bridgehead atoms. The smallest absolute Gasteiger partial charge is 0.312 e. The second kappa shape index (κ2) is 14.9. The summed E-state index contributed by atoms with van der Waals surface area (Å²) in [5.74, 6) is -2.34. The van der Waals surface area contributed by atoms with Crippen LogP contribution >= 0.6 is 0 Å². The van der Waals surface area contributed by atoms with E-state index in [1.54, 1.807) is 20.8 Å². The summed E-state index contributed by atoms with van der Waals surface area (Å²) in [5, 5.41) is 10.2. The fraction of sp³-hybridized carbons (Fsp3) is 0.727. The van der Waals surface area contributed by atoms with E-state index in [0.29, 0.717) is 6.42 Å². The first-order chi connectivity index (χ1) is 16.5. The largest absolute Gasteiger partial charge is 0.379 e. The molecule has 35 heavy (non-hydrogen) atoms. The van der Waals surface area contributed by atoms with Crippen molar-refractivity contribution in [1.82, 2.24) is 26.2 Å². The summed E-state index contributed by atoms with van der Waals surface area (Å²) in [6.07, 6.45) is 0.849. The predicted molar refractivity (Wildman–Crippen MR) is 126 cm³/mol. The summed E-state index contributed by atoms with van der Waals surface area (Å²) in [4.78, 5) is 72.9. The van der Waals surface area contributed by atoms with Crippen LogP contribution in [0.25, 0.3) is 0 Å². The van der Waals surface area contributed by atoms with Gasteiger partial charge in [0.25, 0.3) is 0 Å². The standard InChI is InChI=1S/C22H38N6O7/c1-13(2)18(20(32)26-15(19(31)24-4)6-5-8-25-22(23)34)27-16(29)7-10-35-11-9-28-17(30)12-14(3)21(28)33/h13-15,18H,5-12H2,1-4H3,(H,24,31)(H,26,32)(H,27,29)(H3,23,25,34). The number of nitrogens with zero attached hydrogens (tertiary/aromatic N) is 1. The van der Waals surface area contributed by atoms with Crippen LogP contribution in [-0.2, 0) is 28.7 Å². The molecule has 1 saturated heterocycles. The summed E-state index contributed by atoms with van der Waals surface area (Å²) < 4.78 is 5.38. The number of nitrogens with one attached hydrogen (secondary N) is 4. The summed E-state index contributed by atoms with van der Waals surface area (Å²) in [5.41, 5.74) is 5.01. The Kier molecular flexibility index (Phi) is 12.7. The van der Waals surface area contributed by atoms with Gasteiger partial charge in [0, 0.05) is 32.4 Å². The topological polar surface area (TPSA) is 189 Å². The summed E-state index contributed by atoms with van der Waals surface area (Å²) in [6, 6.07) is -2.40. The van der Waals surface area contributed by atoms with E-state index in [4.69, 9.17) is 10.5 Å². The number of primary amides is 1. The summed E-state index contributed by atoms with van der Waals surface area (Å²) in [7, 11) is 1.45. The summed E-state index contributed by atoms with van der Waals surface area (Å²) in [6.45, 7) is 5.78. The number of carbonyl (C=O) groups excluding carboxylic acids is 6. The lowest BCUT2D eigenvalue weighted by molar-refractivity contribution is -0.140. The number of rotatable bonds is 15. The molecule has 1 rings (SSSR count). The minimum absolute atomic E-state index is 0.0214. The fourth-order valence-electron chi connectivity index (χ4n) is 3.51. The minimum atomic E-state index is -0.875. The van der Waals surface area contributed by atoms with Gasteiger partial charge in [-0.05, 0) is 18.8 Å². The van der Waals surface area contributed by atoms with Gasteiger partial charge in [0.1, 0.15) is 12.1 Å². The van der Waals surface area contributed by atoms with Crippen LogP contribution < -0.4 is 27.0 Å². The average molecular weight is 499 g/mol. The monoisotopic (exact) mass is 498 g/mol. The van der Waals surface area contributed by atoms with Crippen LogP contribution in [0.4, 0.5) is 4.79 Å². The number of hydrogen-bond acceptors (Lipinski definition) is 7. The molecular weight excluding hydrogens is 460 g/mol. The zero-order valence-corrected chi connectivity index (χ0v) is 20.8. The van der Waals surface area contributed by atoms with E-state index in [0.717, 1.165) is 4.90 Å². The molecule has 1 fully saturated rings. The molecule has 0 radical (unpaired) electrons. The van der Waals surface area contributed by atoms with Crippen molar-refractivity contribution in [1.29, 1.82) is 0 Å². The molecule has 0 spiro atoms. The van der Waals surface area contributed by atoms with Gasteiger partial charge in [-0.3, -0.25) is 28.9 Å². The third kappa shape index (κ3) is 10.3. The first-order valence-corrected chi connectivity index (χ1v) is 11.7. The molecule has 3 unspecified atom stereocenters. The predicted octanol–water partition coefficient (Wildman–Crippen LogP) is -1.39. The molecule has 13 nitrogen and oxygen atoms in total. The molecule has 0 aromatic heterocycles. The van der Waals surface area contributed by atoms with Gasteiger partial charge >= 0.3 is 6.03 Å². The number of ether oxygens (including phenoxy) is 1. The maximum Gasteiger partial charge on any atom is 0.312 e. The number of carbonyl (C=O) groups is 6. The van der Waals surface area contributed by atoms with E-state index in [-0.39, 0.29) is 69.2 Å². The van der Waals surface area contributed by atoms with E-state index in [2.05, 4.69) is 21.3 Å². The molecular formula is C22H38N6O7. The molecule has 198 valence electrons. The molecule has 3 atom stereocenters. The first kappa shape index (κ1) is 29.8. The number of amides is 7. The maximum atomic E-state index is 12.8. The van der Waals surface area contributed by atoms with Gasteiger partial charge in [-0.2, -0.15) is 0 Å². The van der Waals surface area contributed by atoms with E-state index in [1.165, 1.54) is 7.05 Å². The Morgan fingerprint density at radius 3 is 2.34 bits per heavy atom. The van der Waals surface area contributed by atoms with Crippen molar-refractivity contribution in [3.8, 4) is 0 Å². The highest BCUT2D eigenvalue weighted by atomic mass is 16.5. The van der Waals surface area contributed by atoms with Crippen molar-refractivity contribution < 1.29 is 33.5 Å². The van der Waals surface area contributed by atoms with Gasteiger partial charge < -0.3 is 31.7 Å². The van der Waals surface area contributed by atoms with Gasteiger partial charge in [0.2, 0.25) is 29.5 Å². The quantitative estimate of drug-likeness (QED) is 0.136. The maximum absolute atomic E-state index is 12.8. The Morgan fingerprint density at radius 2 is 1.80 bits per heavy atom. The van der Waals surface area contributed by atoms with Crippen molar-refractivity contribution in [2.75, 3.05) is 33.4 Å². The van der Waals surface area contributed by atoms with Crippen molar-refractivity contribution in [3.05, 3.63) is 0 Å². The van der Waals surface area contributed by atoms with Gasteiger partial charge in [-0.1, -0.05) is 20.8 Å². The minimum Gasteiger partial charge on any atom is -0.379 e. The molecule has 1 aliphatic rings. The molecule has 0 aromatic rings. The SMILES string of the molecule is CNC(=O)C(CCCNC(N)=O)NC(=O)C(NC(=O)CCOCCN1C(=O)CC(C)C1=O)C(C)C. The third-order valence-electron chi connectivity index (χ3n) is 5.52. The average Bonchev–Trinajstić information content (AvgIpc) is 3.03.